The van der Waals surface area contributed by atoms with E-state index in [-0.39, 0.29) is 11.6 Å². The fraction of sp³-hybridized carbons (Fsp3) is 0.143. The van der Waals surface area contributed by atoms with Crippen LogP contribution in [0.2, 0.25) is 0 Å². The SMILES string of the molecule is O=C1NN=C2C1=CC(I)=CC2F. The van der Waals surface area contributed by atoms with Gasteiger partial charge in [0.1, 0.15) is 5.71 Å². The smallest absolute Gasteiger partial charge is 0.267 e. The average molecular weight is 278 g/mol. The van der Waals surface area contributed by atoms with Gasteiger partial charge in [0.2, 0.25) is 0 Å². The molecule has 1 atom stereocenters. The molecule has 1 N–H and O–H groups in total. The lowest BCUT2D eigenvalue weighted by molar-refractivity contribution is -0.116. The first-order valence-corrected chi connectivity index (χ1v) is 4.38. The Kier molecular flexibility index (Phi) is 1.75. The molecule has 0 bridgehead atoms. The normalized spacial score (nSPS) is 27.0. The van der Waals surface area contributed by atoms with E-state index in [1.165, 1.54) is 6.08 Å². The third-order valence-electron chi connectivity index (χ3n) is 1.65. The number of carbonyl (C=O) groups is 1. The van der Waals surface area contributed by atoms with Gasteiger partial charge < -0.3 is 0 Å². The minimum Gasteiger partial charge on any atom is -0.267 e. The highest BCUT2D eigenvalue weighted by molar-refractivity contribution is 14.1. The number of amides is 1. The maximum Gasteiger partial charge on any atom is 0.273 e. The van der Waals surface area contributed by atoms with Crippen molar-refractivity contribution in [3.8, 4) is 0 Å². The van der Waals surface area contributed by atoms with E-state index in [1.54, 1.807) is 6.08 Å². The van der Waals surface area contributed by atoms with Crippen LogP contribution in [-0.2, 0) is 4.79 Å². The van der Waals surface area contributed by atoms with Crippen LogP contribution in [0, 0.1) is 0 Å². The lowest BCUT2D eigenvalue weighted by Crippen LogP contribution is -2.20. The molecule has 1 aliphatic heterocycles. The summed E-state index contributed by atoms with van der Waals surface area (Å²) in [5.74, 6) is -0.324. The third kappa shape index (κ3) is 1.08. The van der Waals surface area contributed by atoms with Gasteiger partial charge in [-0.05, 0) is 34.7 Å². The Hall–Kier alpha value is -0.720. The van der Waals surface area contributed by atoms with Crippen molar-refractivity contribution in [2.24, 2.45) is 5.10 Å². The van der Waals surface area contributed by atoms with E-state index in [0.717, 1.165) is 3.58 Å². The maximum absolute atomic E-state index is 13.1. The first-order valence-electron chi connectivity index (χ1n) is 3.30. The van der Waals surface area contributed by atoms with Crippen LogP contribution in [0.15, 0.2) is 26.4 Å². The van der Waals surface area contributed by atoms with Gasteiger partial charge in [-0.3, -0.25) is 4.79 Å². The number of hydrogen-bond donors (Lipinski definition) is 1. The molecule has 3 nitrogen and oxygen atoms in total. The fourth-order valence-electron chi connectivity index (χ4n) is 1.10. The molecule has 62 valence electrons. The number of carbonyl (C=O) groups excluding carboxylic acids is 1. The minimum atomic E-state index is -1.25. The lowest BCUT2D eigenvalue weighted by atomic mass is 10.0. The van der Waals surface area contributed by atoms with Crippen molar-refractivity contribution < 1.29 is 9.18 Å². The summed E-state index contributed by atoms with van der Waals surface area (Å²) >= 11 is 1.97. The molecular formula is C7H4FIN2O. The molecular weight excluding hydrogens is 274 g/mol. The lowest BCUT2D eigenvalue weighted by Gasteiger charge is -2.08. The Bertz CT molecular complexity index is 345. The number of rotatable bonds is 0. The number of halogens is 2. The molecule has 2 aliphatic rings. The van der Waals surface area contributed by atoms with Crippen LogP contribution in [-0.4, -0.2) is 17.8 Å². The van der Waals surface area contributed by atoms with Crippen molar-refractivity contribution in [3.05, 3.63) is 21.3 Å². The van der Waals surface area contributed by atoms with E-state index in [0.29, 0.717) is 5.57 Å². The molecule has 1 aliphatic carbocycles. The van der Waals surface area contributed by atoms with Crippen LogP contribution in [0.5, 0.6) is 0 Å². The van der Waals surface area contributed by atoms with E-state index in [4.69, 9.17) is 0 Å². The summed E-state index contributed by atoms with van der Waals surface area (Å²) in [5, 5.41) is 3.58. The molecule has 0 saturated heterocycles. The molecule has 0 fully saturated rings. The van der Waals surface area contributed by atoms with Gasteiger partial charge in [-0.15, -0.1) is 0 Å². The van der Waals surface area contributed by atoms with E-state index < -0.39 is 6.17 Å². The molecule has 1 heterocycles. The highest BCUT2D eigenvalue weighted by Crippen LogP contribution is 2.24. The van der Waals surface area contributed by atoms with Crippen molar-refractivity contribution in [1.29, 1.82) is 0 Å². The molecule has 0 aromatic heterocycles. The summed E-state index contributed by atoms with van der Waals surface area (Å²) in [6.07, 6.45) is 1.79. The Labute approximate surface area is 81.5 Å². The van der Waals surface area contributed by atoms with Crippen LogP contribution in [0.25, 0.3) is 0 Å². The second kappa shape index (κ2) is 2.65. The van der Waals surface area contributed by atoms with E-state index in [1.807, 2.05) is 22.6 Å². The Morgan fingerprint density at radius 2 is 2.42 bits per heavy atom. The van der Waals surface area contributed by atoms with Crippen LogP contribution in [0.3, 0.4) is 0 Å². The predicted octanol–water partition coefficient (Wildman–Crippen LogP) is 1.07. The summed E-state index contributed by atoms with van der Waals surface area (Å²) in [4.78, 5) is 11.0. The zero-order chi connectivity index (χ0) is 8.72. The number of alkyl halides is 1. The minimum absolute atomic E-state index is 0.195. The Morgan fingerprint density at radius 1 is 1.67 bits per heavy atom. The molecule has 1 amide bonds. The molecule has 0 spiro atoms. The summed E-state index contributed by atoms with van der Waals surface area (Å²) < 4.78 is 13.8. The first-order chi connectivity index (χ1) is 5.68. The van der Waals surface area contributed by atoms with Gasteiger partial charge in [-0.1, -0.05) is 0 Å². The monoisotopic (exact) mass is 278 g/mol. The van der Waals surface area contributed by atoms with E-state index in [2.05, 4.69) is 10.5 Å². The third-order valence-corrected chi connectivity index (χ3v) is 2.32. The van der Waals surface area contributed by atoms with Crippen molar-refractivity contribution in [2.75, 3.05) is 0 Å². The number of nitrogens with zero attached hydrogens (tertiary/aromatic N) is 1. The van der Waals surface area contributed by atoms with Gasteiger partial charge >= 0.3 is 0 Å². The molecule has 0 saturated carbocycles. The van der Waals surface area contributed by atoms with Gasteiger partial charge in [0, 0.05) is 3.58 Å². The predicted molar refractivity (Wildman–Crippen MR) is 50.7 cm³/mol. The maximum atomic E-state index is 13.1. The molecule has 0 aromatic rings. The number of hydrazone groups is 1. The summed E-state index contributed by atoms with van der Waals surface area (Å²) in [6.45, 7) is 0. The largest absolute Gasteiger partial charge is 0.273 e. The highest BCUT2D eigenvalue weighted by atomic mass is 127. The zero-order valence-electron chi connectivity index (χ0n) is 5.84. The fourth-order valence-corrected chi connectivity index (χ4v) is 1.73. The Balaban J connectivity index is 2.48. The molecule has 12 heavy (non-hydrogen) atoms. The quantitative estimate of drug-likeness (QED) is 0.662. The van der Waals surface area contributed by atoms with Crippen LogP contribution in [0.4, 0.5) is 4.39 Å². The van der Waals surface area contributed by atoms with Crippen molar-refractivity contribution in [2.45, 2.75) is 6.17 Å². The number of fused-ring (bicyclic) bond motifs is 1. The van der Waals surface area contributed by atoms with Gasteiger partial charge in [0.05, 0.1) is 5.57 Å². The summed E-state index contributed by atoms with van der Waals surface area (Å²) in [6, 6.07) is 0. The highest BCUT2D eigenvalue weighted by Gasteiger charge is 2.30. The molecule has 0 aromatic carbocycles. The van der Waals surface area contributed by atoms with Crippen LogP contribution >= 0.6 is 22.6 Å². The van der Waals surface area contributed by atoms with Crippen molar-refractivity contribution in [3.63, 3.8) is 0 Å². The molecule has 2 rings (SSSR count). The topological polar surface area (TPSA) is 41.5 Å². The molecule has 1 unspecified atom stereocenters. The second-order valence-corrected chi connectivity index (χ2v) is 3.69. The van der Waals surface area contributed by atoms with Gasteiger partial charge in [-0.25, -0.2) is 9.82 Å². The average Bonchev–Trinajstić information content (AvgIpc) is 2.33. The summed E-state index contributed by atoms with van der Waals surface area (Å²) in [5.41, 5.74) is 2.75. The number of hydrogen-bond acceptors (Lipinski definition) is 2. The Morgan fingerprint density at radius 3 is 3.17 bits per heavy atom. The second-order valence-electron chi connectivity index (χ2n) is 2.45. The van der Waals surface area contributed by atoms with Gasteiger partial charge in [-0.2, -0.15) is 5.10 Å². The van der Waals surface area contributed by atoms with Crippen molar-refractivity contribution in [1.82, 2.24) is 5.43 Å². The van der Waals surface area contributed by atoms with E-state index >= 15 is 0 Å². The first kappa shape index (κ1) is 7.90. The van der Waals surface area contributed by atoms with E-state index in [9.17, 15) is 9.18 Å². The molecule has 0 radical (unpaired) electrons. The standard InChI is InChI=1S/C7H4FIN2O/c8-5-2-3(9)1-4-6(5)10-11-7(4)12/h1-2,5H,(H,11,12). The molecule has 5 heteroatoms. The number of allylic oxidation sites excluding steroid dienone is 3. The van der Waals surface area contributed by atoms with Crippen LogP contribution < -0.4 is 5.43 Å². The van der Waals surface area contributed by atoms with Crippen molar-refractivity contribution >= 4 is 34.2 Å². The summed E-state index contributed by atoms with van der Waals surface area (Å²) in [7, 11) is 0. The zero-order valence-corrected chi connectivity index (χ0v) is 8.00. The van der Waals surface area contributed by atoms with Crippen LogP contribution in [0.1, 0.15) is 0 Å². The van der Waals surface area contributed by atoms with Gasteiger partial charge in [0.15, 0.2) is 6.17 Å². The number of nitrogens with one attached hydrogen (secondary N) is 1. The van der Waals surface area contributed by atoms with Gasteiger partial charge in [0.25, 0.3) is 5.91 Å².